The highest BCUT2D eigenvalue weighted by Crippen LogP contribution is 2.39. The van der Waals surface area contributed by atoms with Crippen LogP contribution in [0.1, 0.15) is 41.1 Å². The number of urea groups is 1. The Bertz CT molecular complexity index is 895. The van der Waals surface area contributed by atoms with Crippen molar-refractivity contribution in [3.05, 3.63) is 65.0 Å². The number of benzene rings is 1. The number of primary sulfonamides is 1. The Morgan fingerprint density at radius 3 is 2.50 bits per heavy atom. The number of aromatic nitrogens is 1. The predicted molar refractivity (Wildman–Crippen MR) is 98.5 cm³/mol. The van der Waals surface area contributed by atoms with Crippen molar-refractivity contribution in [2.75, 3.05) is 0 Å². The number of rotatable bonds is 7. The number of carbonyl (C=O) groups excluding carboxylic acids is 1. The Kier molecular flexibility index (Phi) is 5.53. The van der Waals surface area contributed by atoms with Crippen molar-refractivity contribution < 1.29 is 13.2 Å². The number of hydrogen-bond donors (Lipinski definition) is 3. The second-order valence-electron chi connectivity index (χ2n) is 6.47. The number of amides is 2. The Morgan fingerprint density at radius 2 is 1.81 bits per heavy atom. The van der Waals surface area contributed by atoms with E-state index in [-0.39, 0.29) is 18.3 Å². The summed E-state index contributed by atoms with van der Waals surface area (Å²) in [5, 5.41) is 10.6. The van der Waals surface area contributed by atoms with Crippen LogP contribution in [0.3, 0.4) is 0 Å². The molecule has 1 aliphatic carbocycles. The van der Waals surface area contributed by atoms with Crippen LogP contribution in [0.5, 0.6) is 0 Å². The van der Waals surface area contributed by atoms with E-state index in [1.807, 2.05) is 12.1 Å². The smallest absolute Gasteiger partial charge is 0.315 e. The molecule has 0 spiro atoms. The molecular formula is C18H22N4O3S. The molecule has 0 radical (unpaired) electrons. The lowest BCUT2D eigenvalue weighted by Gasteiger charge is -2.11. The molecule has 2 amide bonds. The summed E-state index contributed by atoms with van der Waals surface area (Å²) in [6, 6.07) is 10.7. The number of nitrogens with one attached hydrogen (secondary N) is 2. The van der Waals surface area contributed by atoms with Gasteiger partial charge in [0, 0.05) is 12.7 Å². The molecule has 1 heterocycles. The summed E-state index contributed by atoms with van der Waals surface area (Å²) in [7, 11) is -3.63. The highest BCUT2D eigenvalue weighted by molar-refractivity contribution is 7.88. The first-order chi connectivity index (χ1) is 12.4. The second kappa shape index (κ2) is 7.84. The third-order valence-electron chi connectivity index (χ3n) is 4.23. The van der Waals surface area contributed by atoms with Crippen molar-refractivity contribution in [2.45, 2.75) is 37.6 Å². The standard InChI is InChI=1S/C18H22N4O3S/c19-26(24,25)12-16-4-2-1-3-15(16)10-21-18(23)22-11-17-9-14(7-8-20-17)13-5-6-13/h1-4,7-9,13H,5-6,10-12H2,(H2,19,24,25)(H2,21,22,23). The number of pyridine rings is 1. The molecule has 1 saturated carbocycles. The third-order valence-corrected chi connectivity index (χ3v) is 4.95. The van der Waals surface area contributed by atoms with Gasteiger partial charge in [-0.1, -0.05) is 24.3 Å². The summed E-state index contributed by atoms with van der Waals surface area (Å²) in [5.41, 5.74) is 3.38. The van der Waals surface area contributed by atoms with Gasteiger partial charge in [-0.2, -0.15) is 0 Å². The maximum absolute atomic E-state index is 12.0. The summed E-state index contributed by atoms with van der Waals surface area (Å²) in [5.74, 6) is 0.380. The quantitative estimate of drug-likeness (QED) is 0.685. The molecule has 138 valence electrons. The molecule has 2 aromatic rings. The molecule has 1 aliphatic rings. The van der Waals surface area contributed by atoms with Gasteiger partial charge in [-0.05, 0) is 47.6 Å². The van der Waals surface area contributed by atoms with Crippen LogP contribution >= 0.6 is 0 Å². The lowest BCUT2D eigenvalue weighted by molar-refractivity contribution is 0.240. The maximum atomic E-state index is 12.0. The summed E-state index contributed by atoms with van der Waals surface area (Å²) >= 11 is 0. The lowest BCUT2D eigenvalue weighted by Crippen LogP contribution is -2.35. The van der Waals surface area contributed by atoms with Gasteiger partial charge in [0.2, 0.25) is 10.0 Å². The minimum absolute atomic E-state index is 0.215. The van der Waals surface area contributed by atoms with Crippen molar-refractivity contribution >= 4 is 16.1 Å². The van der Waals surface area contributed by atoms with E-state index < -0.39 is 10.0 Å². The molecule has 3 rings (SSSR count). The van der Waals surface area contributed by atoms with Gasteiger partial charge in [-0.15, -0.1) is 0 Å². The average Bonchev–Trinajstić information content (AvgIpc) is 3.43. The summed E-state index contributed by atoms with van der Waals surface area (Å²) < 4.78 is 22.6. The average molecular weight is 374 g/mol. The Morgan fingerprint density at radius 1 is 1.12 bits per heavy atom. The van der Waals surface area contributed by atoms with Crippen LogP contribution in [0.15, 0.2) is 42.6 Å². The van der Waals surface area contributed by atoms with Gasteiger partial charge in [0.1, 0.15) is 0 Å². The zero-order chi connectivity index (χ0) is 18.6. The van der Waals surface area contributed by atoms with Crippen LogP contribution in [-0.2, 0) is 28.9 Å². The lowest BCUT2D eigenvalue weighted by atomic mass is 10.1. The Hall–Kier alpha value is -2.45. The second-order valence-corrected chi connectivity index (χ2v) is 8.08. The molecule has 26 heavy (non-hydrogen) atoms. The zero-order valence-corrected chi connectivity index (χ0v) is 15.1. The first kappa shape index (κ1) is 18.3. The van der Waals surface area contributed by atoms with Crippen molar-refractivity contribution in [1.29, 1.82) is 0 Å². The van der Waals surface area contributed by atoms with Gasteiger partial charge in [0.05, 0.1) is 18.0 Å². The largest absolute Gasteiger partial charge is 0.334 e. The van der Waals surface area contributed by atoms with Crippen molar-refractivity contribution in [2.24, 2.45) is 5.14 Å². The van der Waals surface area contributed by atoms with Crippen LogP contribution in [-0.4, -0.2) is 19.4 Å². The Labute approximate surface area is 153 Å². The number of nitrogens with zero attached hydrogens (tertiary/aromatic N) is 1. The maximum Gasteiger partial charge on any atom is 0.315 e. The molecule has 0 saturated heterocycles. The van der Waals surface area contributed by atoms with Crippen LogP contribution < -0.4 is 15.8 Å². The van der Waals surface area contributed by atoms with E-state index in [0.717, 1.165) is 5.69 Å². The van der Waals surface area contributed by atoms with E-state index in [4.69, 9.17) is 5.14 Å². The minimum Gasteiger partial charge on any atom is -0.334 e. The first-order valence-electron chi connectivity index (χ1n) is 8.44. The molecule has 1 aromatic carbocycles. The third kappa shape index (κ3) is 5.53. The molecule has 0 atom stereocenters. The van der Waals surface area contributed by atoms with E-state index in [2.05, 4.69) is 15.6 Å². The number of sulfonamides is 1. The molecule has 0 unspecified atom stereocenters. The van der Waals surface area contributed by atoms with Crippen LogP contribution in [0.4, 0.5) is 4.79 Å². The van der Waals surface area contributed by atoms with Crippen LogP contribution in [0.2, 0.25) is 0 Å². The van der Waals surface area contributed by atoms with Crippen LogP contribution in [0, 0.1) is 0 Å². The molecular weight excluding hydrogens is 352 g/mol. The number of hydrogen-bond acceptors (Lipinski definition) is 4. The molecule has 1 aromatic heterocycles. The monoisotopic (exact) mass is 374 g/mol. The normalized spacial score (nSPS) is 14.0. The Balaban J connectivity index is 1.52. The molecule has 1 fully saturated rings. The van der Waals surface area contributed by atoms with Gasteiger partial charge in [0.25, 0.3) is 0 Å². The number of nitrogens with two attached hydrogens (primary N) is 1. The topological polar surface area (TPSA) is 114 Å². The molecule has 8 heteroatoms. The van der Waals surface area contributed by atoms with E-state index in [9.17, 15) is 13.2 Å². The van der Waals surface area contributed by atoms with E-state index in [1.165, 1.54) is 18.4 Å². The molecule has 0 aliphatic heterocycles. The molecule has 4 N–H and O–H groups in total. The fraction of sp³-hybridized carbons (Fsp3) is 0.333. The van der Waals surface area contributed by atoms with E-state index >= 15 is 0 Å². The zero-order valence-electron chi connectivity index (χ0n) is 14.3. The summed E-state index contributed by atoms with van der Waals surface area (Å²) in [6.45, 7) is 0.554. The van der Waals surface area contributed by atoms with Gasteiger partial charge in [-0.3, -0.25) is 4.98 Å². The van der Waals surface area contributed by atoms with Gasteiger partial charge < -0.3 is 10.6 Å². The fourth-order valence-electron chi connectivity index (χ4n) is 2.76. The highest BCUT2D eigenvalue weighted by atomic mass is 32.2. The molecule has 0 bridgehead atoms. The van der Waals surface area contributed by atoms with E-state index in [1.54, 1.807) is 30.5 Å². The van der Waals surface area contributed by atoms with Gasteiger partial charge in [0.15, 0.2) is 0 Å². The first-order valence-corrected chi connectivity index (χ1v) is 10.2. The predicted octanol–water partition coefficient (Wildman–Crippen LogP) is 1.75. The van der Waals surface area contributed by atoms with Crippen molar-refractivity contribution in [1.82, 2.24) is 15.6 Å². The highest BCUT2D eigenvalue weighted by Gasteiger charge is 2.23. The minimum atomic E-state index is -3.63. The van der Waals surface area contributed by atoms with Crippen molar-refractivity contribution in [3.63, 3.8) is 0 Å². The van der Waals surface area contributed by atoms with Crippen molar-refractivity contribution in [3.8, 4) is 0 Å². The fourth-order valence-corrected chi connectivity index (χ4v) is 3.48. The van der Waals surface area contributed by atoms with Gasteiger partial charge >= 0.3 is 6.03 Å². The summed E-state index contributed by atoms with van der Waals surface area (Å²) in [6.07, 6.45) is 4.21. The SMILES string of the molecule is NS(=O)(=O)Cc1ccccc1CNC(=O)NCc1cc(C2CC2)ccn1. The van der Waals surface area contributed by atoms with Gasteiger partial charge in [-0.25, -0.2) is 18.4 Å². The summed E-state index contributed by atoms with van der Waals surface area (Å²) in [4.78, 5) is 16.3. The number of carbonyl (C=O) groups is 1. The van der Waals surface area contributed by atoms with E-state index in [0.29, 0.717) is 23.6 Å². The van der Waals surface area contributed by atoms with Crippen LogP contribution in [0.25, 0.3) is 0 Å². The molecule has 7 nitrogen and oxygen atoms in total.